The number of thiol groups is 1. The zero-order chi connectivity index (χ0) is 21.9. The van der Waals surface area contributed by atoms with Crippen molar-refractivity contribution in [3.8, 4) is 22.6 Å². The molecule has 0 aliphatic rings. The highest BCUT2D eigenvalue weighted by Crippen LogP contribution is 2.24. The van der Waals surface area contributed by atoms with Gasteiger partial charge in [-0.15, -0.1) is 12.6 Å². The number of benzene rings is 3. The molecule has 4 heteroatoms. The second-order valence-corrected chi connectivity index (χ2v) is 8.12. The summed E-state index contributed by atoms with van der Waals surface area (Å²) in [5.41, 5.74) is 2.63. The maximum atomic E-state index is 12.3. The van der Waals surface area contributed by atoms with Crippen LogP contribution in [0.15, 0.2) is 77.7 Å². The first kappa shape index (κ1) is 23.0. The molecule has 0 radical (unpaired) electrons. The number of unbranched alkanes of at least 4 members (excludes halogenated alkanes) is 5. The van der Waals surface area contributed by atoms with Gasteiger partial charge in [-0.2, -0.15) is 0 Å². The summed E-state index contributed by atoms with van der Waals surface area (Å²) >= 11 is 4.23. The number of rotatable bonds is 11. The predicted octanol–water partition coefficient (Wildman–Crippen LogP) is 7.60. The van der Waals surface area contributed by atoms with E-state index in [0.29, 0.717) is 11.3 Å². The van der Waals surface area contributed by atoms with Gasteiger partial charge in [0.15, 0.2) is 0 Å². The molecule has 3 nitrogen and oxygen atoms in total. The molecule has 0 N–H and O–H groups in total. The van der Waals surface area contributed by atoms with Gasteiger partial charge in [0, 0.05) is 4.90 Å². The van der Waals surface area contributed by atoms with E-state index in [1.165, 1.54) is 32.1 Å². The molecule has 0 unspecified atom stereocenters. The summed E-state index contributed by atoms with van der Waals surface area (Å²) in [5, 5.41) is 0. The summed E-state index contributed by atoms with van der Waals surface area (Å²) in [6.07, 6.45) is 7.55. The van der Waals surface area contributed by atoms with Gasteiger partial charge in [0.2, 0.25) is 0 Å². The second-order valence-electron chi connectivity index (χ2n) is 7.60. The summed E-state index contributed by atoms with van der Waals surface area (Å²) in [5.74, 6) is 1.02. The number of carbonyl (C=O) groups excluding carboxylic acids is 1. The van der Waals surface area contributed by atoms with Crippen LogP contribution in [0.4, 0.5) is 0 Å². The summed E-state index contributed by atoms with van der Waals surface area (Å²) in [7, 11) is 0. The molecule has 0 aliphatic heterocycles. The quantitative estimate of drug-likeness (QED) is 0.146. The molecule has 3 aromatic carbocycles. The second kappa shape index (κ2) is 12.2. The monoisotopic (exact) mass is 434 g/mol. The van der Waals surface area contributed by atoms with Gasteiger partial charge in [-0.25, -0.2) is 4.79 Å². The van der Waals surface area contributed by atoms with Crippen molar-refractivity contribution in [2.45, 2.75) is 50.3 Å². The Morgan fingerprint density at radius 1 is 0.710 bits per heavy atom. The molecular weight excluding hydrogens is 404 g/mol. The Bertz CT molecular complexity index is 932. The van der Waals surface area contributed by atoms with Gasteiger partial charge >= 0.3 is 5.97 Å². The van der Waals surface area contributed by atoms with Crippen molar-refractivity contribution in [1.29, 1.82) is 0 Å². The Kier molecular flexibility index (Phi) is 9.04. The fourth-order valence-corrected chi connectivity index (χ4v) is 3.44. The van der Waals surface area contributed by atoms with Crippen molar-refractivity contribution in [2.75, 3.05) is 6.61 Å². The highest BCUT2D eigenvalue weighted by atomic mass is 32.1. The third-order valence-electron chi connectivity index (χ3n) is 5.12. The molecule has 0 saturated heterocycles. The predicted molar refractivity (Wildman–Crippen MR) is 129 cm³/mol. The average molecular weight is 435 g/mol. The van der Waals surface area contributed by atoms with E-state index in [1.807, 2.05) is 36.4 Å². The van der Waals surface area contributed by atoms with Gasteiger partial charge in [-0.05, 0) is 66.1 Å². The first-order valence-corrected chi connectivity index (χ1v) is 11.4. The van der Waals surface area contributed by atoms with Crippen LogP contribution in [-0.2, 0) is 0 Å². The Labute approximate surface area is 190 Å². The molecule has 0 saturated carbocycles. The molecule has 0 bridgehead atoms. The van der Waals surface area contributed by atoms with Crippen molar-refractivity contribution in [1.82, 2.24) is 0 Å². The van der Waals surface area contributed by atoms with Crippen molar-refractivity contribution in [3.63, 3.8) is 0 Å². The lowest BCUT2D eigenvalue weighted by Gasteiger charge is -2.08. The van der Waals surface area contributed by atoms with Crippen LogP contribution in [0, 0.1) is 0 Å². The van der Waals surface area contributed by atoms with Crippen molar-refractivity contribution in [2.24, 2.45) is 0 Å². The molecule has 0 spiro atoms. The molecule has 3 aromatic rings. The maximum Gasteiger partial charge on any atom is 0.343 e. The molecular formula is C27H30O3S. The van der Waals surface area contributed by atoms with Crippen LogP contribution in [0.3, 0.4) is 0 Å². The van der Waals surface area contributed by atoms with E-state index < -0.39 is 0 Å². The third kappa shape index (κ3) is 7.48. The smallest absolute Gasteiger partial charge is 0.343 e. The number of ether oxygens (including phenoxy) is 2. The largest absolute Gasteiger partial charge is 0.494 e. The normalized spacial score (nSPS) is 10.6. The molecule has 0 fully saturated rings. The molecule has 0 aromatic heterocycles. The Balaban J connectivity index is 1.49. The first-order chi connectivity index (χ1) is 15.2. The lowest BCUT2D eigenvalue weighted by molar-refractivity contribution is 0.0734. The standard InChI is InChI=1S/C27H30O3S/c1-2-3-4-5-6-7-20-29-24-14-12-22(13-15-24)21-8-10-23(11-9-21)27(28)30-25-16-18-26(31)19-17-25/h8-19,31H,2-7,20H2,1H3. The molecule has 0 aliphatic carbocycles. The van der Waals surface area contributed by atoms with Gasteiger partial charge in [0.25, 0.3) is 0 Å². The third-order valence-corrected chi connectivity index (χ3v) is 5.42. The summed E-state index contributed by atoms with van der Waals surface area (Å²) < 4.78 is 11.3. The van der Waals surface area contributed by atoms with Crippen LogP contribution >= 0.6 is 12.6 Å². The van der Waals surface area contributed by atoms with E-state index in [0.717, 1.165) is 34.8 Å². The fraction of sp³-hybridized carbons (Fsp3) is 0.296. The zero-order valence-electron chi connectivity index (χ0n) is 18.0. The number of hydrogen-bond acceptors (Lipinski definition) is 4. The van der Waals surface area contributed by atoms with Crippen molar-refractivity contribution in [3.05, 3.63) is 78.4 Å². The van der Waals surface area contributed by atoms with Gasteiger partial charge in [-0.3, -0.25) is 0 Å². The van der Waals surface area contributed by atoms with E-state index in [4.69, 9.17) is 9.47 Å². The molecule has 3 rings (SSSR count). The highest BCUT2D eigenvalue weighted by Gasteiger charge is 2.09. The summed E-state index contributed by atoms with van der Waals surface area (Å²) in [6.45, 7) is 3.00. The SMILES string of the molecule is CCCCCCCCOc1ccc(-c2ccc(C(=O)Oc3ccc(S)cc3)cc2)cc1. The van der Waals surface area contributed by atoms with Gasteiger partial charge in [-0.1, -0.05) is 63.3 Å². The van der Waals surface area contributed by atoms with Crippen LogP contribution in [0.25, 0.3) is 11.1 Å². The lowest BCUT2D eigenvalue weighted by Crippen LogP contribution is -2.08. The van der Waals surface area contributed by atoms with Crippen LogP contribution in [0.2, 0.25) is 0 Å². The lowest BCUT2D eigenvalue weighted by atomic mass is 10.0. The Hall–Kier alpha value is -2.72. The van der Waals surface area contributed by atoms with E-state index in [9.17, 15) is 4.79 Å². The summed E-state index contributed by atoms with van der Waals surface area (Å²) in [4.78, 5) is 13.2. The molecule has 0 amide bonds. The van der Waals surface area contributed by atoms with Crippen molar-refractivity contribution >= 4 is 18.6 Å². The summed E-state index contributed by atoms with van der Waals surface area (Å²) in [6, 6.07) is 22.5. The Morgan fingerprint density at radius 2 is 1.26 bits per heavy atom. The number of carbonyl (C=O) groups is 1. The minimum Gasteiger partial charge on any atom is -0.494 e. The Morgan fingerprint density at radius 3 is 1.90 bits per heavy atom. The first-order valence-electron chi connectivity index (χ1n) is 11.0. The average Bonchev–Trinajstić information content (AvgIpc) is 2.80. The van der Waals surface area contributed by atoms with Crippen LogP contribution < -0.4 is 9.47 Å². The molecule has 31 heavy (non-hydrogen) atoms. The minimum absolute atomic E-state index is 0.378. The van der Waals surface area contributed by atoms with E-state index in [1.54, 1.807) is 36.4 Å². The number of hydrogen-bond donors (Lipinski definition) is 1. The van der Waals surface area contributed by atoms with Crippen LogP contribution in [0.5, 0.6) is 11.5 Å². The number of esters is 1. The van der Waals surface area contributed by atoms with Crippen LogP contribution in [-0.4, -0.2) is 12.6 Å². The van der Waals surface area contributed by atoms with E-state index in [-0.39, 0.29) is 5.97 Å². The maximum absolute atomic E-state index is 12.3. The zero-order valence-corrected chi connectivity index (χ0v) is 18.9. The topological polar surface area (TPSA) is 35.5 Å². The van der Waals surface area contributed by atoms with Gasteiger partial charge < -0.3 is 9.47 Å². The molecule has 0 heterocycles. The molecule has 0 atom stereocenters. The van der Waals surface area contributed by atoms with Gasteiger partial charge in [0.05, 0.1) is 12.2 Å². The van der Waals surface area contributed by atoms with Crippen LogP contribution in [0.1, 0.15) is 55.8 Å². The minimum atomic E-state index is -0.378. The van der Waals surface area contributed by atoms with Crippen molar-refractivity contribution < 1.29 is 14.3 Å². The van der Waals surface area contributed by atoms with Gasteiger partial charge in [0.1, 0.15) is 11.5 Å². The fourth-order valence-electron chi connectivity index (χ4n) is 3.29. The van der Waals surface area contributed by atoms with E-state index in [2.05, 4.69) is 19.6 Å². The highest BCUT2D eigenvalue weighted by molar-refractivity contribution is 7.80. The molecule has 162 valence electrons. The van der Waals surface area contributed by atoms with E-state index >= 15 is 0 Å².